The lowest BCUT2D eigenvalue weighted by Crippen LogP contribution is -2.41. The average Bonchev–Trinajstić information content (AvgIpc) is 1.62. The van der Waals surface area contributed by atoms with Gasteiger partial charge in [-0.1, -0.05) is 0 Å². The van der Waals surface area contributed by atoms with Gasteiger partial charge in [0.25, 0.3) is 0 Å². The van der Waals surface area contributed by atoms with Crippen molar-refractivity contribution in [2.75, 3.05) is 7.05 Å². The second kappa shape index (κ2) is 2.25. The van der Waals surface area contributed by atoms with Gasteiger partial charge >= 0.3 is 6.09 Å². The Balaban J connectivity index is 4.04. The summed E-state index contributed by atoms with van der Waals surface area (Å²) < 4.78 is 0. The highest BCUT2D eigenvalue weighted by atomic mass is 16.4. The molecule has 9 heavy (non-hydrogen) atoms. The summed E-state index contributed by atoms with van der Waals surface area (Å²) in [4.78, 5) is 11.4. The van der Waals surface area contributed by atoms with Gasteiger partial charge in [0.05, 0.1) is 0 Å². The van der Waals surface area contributed by atoms with Gasteiger partial charge in [0, 0.05) is 12.6 Å². The highest BCUT2D eigenvalue weighted by Gasteiger charge is 2.20. The standard InChI is InChI=1S/C6H12NO2/c1-6(2,3)7(4)5(8)9/h1H2,2-4H3,(H,8,9). The molecular formula is C6H12NO2. The molecule has 0 spiro atoms. The first-order valence-electron chi connectivity index (χ1n) is 2.68. The van der Waals surface area contributed by atoms with E-state index in [1.165, 1.54) is 7.05 Å². The van der Waals surface area contributed by atoms with E-state index in [0.29, 0.717) is 0 Å². The number of nitrogens with zero attached hydrogens (tertiary/aromatic N) is 1. The van der Waals surface area contributed by atoms with Crippen molar-refractivity contribution in [3.8, 4) is 0 Å². The highest BCUT2D eigenvalue weighted by Crippen LogP contribution is 2.08. The van der Waals surface area contributed by atoms with Crippen LogP contribution in [-0.2, 0) is 0 Å². The minimum atomic E-state index is -0.949. The summed E-state index contributed by atoms with van der Waals surface area (Å²) in [6.07, 6.45) is -0.949. The van der Waals surface area contributed by atoms with E-state index in [2.05, 4.69) is 6.92 Å². The molecule has 0 saturated carbocycles. The molecule has 0 heterocycles. The van der Waals surface area contributed by atoms with Crippen molar-refractivity contribution in [1.29, 1.82) is 0 Å². The molecule has 0 atom stereocenters. The van der Waals surface area contributed by atoms with Gasteiger partial charge in [-0.2, -0.15) is 0 Å². The van der Waals surface area contributed by atoms with E-state index in [1.54, 1.807) is 13.8 Å². The zero-order valence-electron chi connectivity index (χ0n) is 6.01. The Morgan fingerprint density at radius 1 is 1.67 bits per heavy atom. The van der Waals surface area contributed by atoms with E-state index in [0.717, 1.165) is 4.90 Å². The summed E-state index contributed by atoms with van der Waals surface area (Å²) in [6.45, 7) is 7.11. The molecule has 0 aliphatic rings. The monoisotopic (exact) mass is 130 g/mol. The zero-order chi connectivity index (χ0) is 7.65. The molecule has 0 aliphatic heterocycles. The molecule has 0 saturated heterocycles. The van der Waals surface area contributed by atoms with Crippen LogP contribution in [-0.4, -0.2) is 28.7 Å². The summed E-state index contributed by atoms with van der Waals surface area (Å²) in [5.74, 6) is 0. The third-order valence-corrected chi connectivity index (χ3v) is 1.19. The molecule has 0 aromatic heterocycles. The Bertz CT molecular complexity index is 115. The van der Waals surface area contributed by atoms with Gasteiger partial charge in [0.15, 0.2) is 0 Å². The fraction of sp³-hybridized carbons (Fsp3) is 0.667. The molecule has 1 amide bonds. The maximum atomic E-state index is 10.2. The van der Waals surface area contributed by atoms with Crippen molar-refractivity contribution >= 4 is 6.09 Å². The molecule has 3 heteroatoms. The van der Waals surface area contributed by atoms with E-state index in [4.69, 9.17) is 5.11 Å². The lowest BCUT2D eigenvalue weighted by Gasteiger charge is -2.28. The predicted octanol–water partition coefficient (Wildman–Crippen LogP) is 1.21. The molecule has 3 nitrogen and oxygen atoms in total. The quantitative estimate of drug-likeness (QED) is 0.579. The van der Waals surface area contributed by atoms with Crippen LogP contribution in [0.5, 0.6) is 0 Å². The minimum Gasteiger partial charge on any atom is -0.465 e. The molecule has 53 valence electrons. The first kappa shape index (κ1) is 8.27. The van der Waals surface area contributed by atoms with E-state index >= 15 is 0 Å². The molecule has 0 aromatic rings. The van der Waals surface area contributed by atoms with Gasteiger partial charge in [-0.05, 0) is 20.8 Å². The van der Waals surface area contributed by atoms with Gasteiger partial charge in [0.2, 0.25) is 0 Å². The van der Waals surface area contributed by atoms with Crippen LogP contribution in [0.1, 0.15) is 13.8 Å². The molecule has 0 aliphatic carbocycles. The van der Waals surface area contributed by atoms with Crippen molar-refractivity contribution in [3.05, 3.63) is 6.92 Å². The zero-order valence-corrected chi connectivity index (χ0v) is 6.01. The Kier molecular flexibility index (Phi) is 2.07. The second-order valence-corrected chi connectivity index (χ2v) is 2.65. The smallest absolute Gasteiger partial charge is 0.407 e. The Labute approximate surface area is 55.3 Å². The number of carbonyl (C=O) groups is 1. The fourth-order valence-corrected chi connectivity index (χ4v) is 0.259. The summed E-state index contributed by atoms with van der Waals surface area (Å²) >= 11 is 0. The Hall–Kier alpha value is -0.730. The van der Waals surface area contributed by atoms with Crippen LogP contribution in [0.2, 0.25) is 0 Å². The molecule has 0 rings (SSSR count). The highest BCUT2D eigenvalue weighted by molar-refractivity contribution is 5.65. The molecule has 1 N–H and O–H groups in total. The number of rotatable bonds is 1. The summed E-state index contributed by atoms with van der Waals surface area (Å²) in [5.41, 5.74) is -0.536. The first-order valence-corrected chi connectivity index (χ1v) is 2.68. The third-order valence-electron chi connectivity index (χ3n) is 1.19. The normalized spacial score (nSPS) is 11.1. The first-order chi connectivity index (χ1) is 3.85. The fourth-order valence-electron chi connectivity index (χ4n) is 0.259. The third kappa shape index (κ3) is 2.35. The number of carboxylic acid groups (broad SMARTS) is 1. The Morgan fingerprint density at radius 2 is 2.00 bits per heavy atom. The number of amides is 1. The average molecular weight is 130 g/mol. The van der Waals surface area contributed by atoms with Crippen LogP contribution < -0.4 is 0 Å². The molecule has 1 radical (unpaired) electrons. The van der Waals surface area contributed by atoms with E-state index in [-0.39, 0.29) is 0 Å². The summed E-state index contributed by atoms with van der Waals surface area (Å²) in [6, 6.07) is 0. The van der Waals surface area contributed by atoms with Gasteiger partial charge in [-0.3, -0.25) is 0 Å². The van der Waals surface area contributed by atoms with Crippen LogP contribution in [0.15, 0.2) is 0 Å². The van der Waals surface area contributed by atoms with Crippen molar-refractivity contribution in [2.45, 2.75) is 19.4 Å². The lowest BCUT2D eigenvalue weighted by atomic mass is 10.1. The van der Waals surface area contributed by atoms with Gasteiger partial charge in [-0.15, -0.1) is 0 Å². The van der Waals surface area contributed by atoms with Crippen LogP contribution in [0.3, 0.4) is 0 Å². The maximum absolute atomic E-state index is 10.2. The second-order valence-electron chi connectivity index (χ2n) is 2.65. The molecule has 0 bridgehead atoms. The van der Waals surface area contributed by atoms with E-state index in [1.807, 2.05) is 0 Å². The Morgan fingerprint density at radius 3 is 2.00 bits per heavy atom. The molecule has 0 aromatic carbocycles. The largest absolute Gasteiger partial charge is 0.465 e. The van der Waals surface area contributed by atoms with Gasteiger partial charge in [-0.25, -0.2) is 4.79 Å². The van der Waals surface area contributed by atoms with Crippen LogP contribution in [0, 0.1) is 6.92 Å². The van der Waals surface area contributed by atoms with Crippen molar-refractivity contribution in [1.82, 2.24) is 4.90 Å². The van der Waals surface area contributed by atoms with Crippen molar-refractivity contribution < 1.29 is 9.90 Å². The van der Waals surface area contributed by atoms with E-state index in [9.17, 15) is 4.79 Å². The maximum Gasteiger partial charge on any atom is 0.407 e. The van der Waals surface area contributed by atoms with E-state index < -0.39 is 11.6 Å². The van der Waals surface area contributed by atoms with Crippen molar-refractivity contribution in [2.24, 2.45) is 0 Å². The summed E-state index contributed by atoms with van der Waals surface area (Å²) in [7, 11) is 1.50. The SMILES string of the molecule is [CH2]C(C)(C)N(C)C(=O)O. The van der Waals surface area contributed by atoms with Crippen molar-refractivity contribution in [3.63, 3.8) is 0 Å². The van der Waals surface area contributed by atoms with Gasteiger partial charge in [0.1, 0.15) is 0 Å². The predicted molar refractivity (Wildman–Crippen MR) is 35.2 cm³/mol. The number of hydrogen-bond acceptors (Lipinski definition) is 1. The van der Waals surface area contributed by atoms with Gasteiger partial charge < -0.3 is 10.0 Å². The summed E-state index contributed by atoms with van der Waals surface area (Å²) in [5, 5.41) is 8.40. The topological polar surface area (TPSA) is 40.5 Å². The van der Waals surface area contributed by atoms with Crippen LogP contribution >= 0.6 is 0 Å². The molecular weight excluding hydrogens is 118 g/mol. The molecule has 0 fully saturated rings. The van der Waals surface area contributed by atoms with Crippen LogP contribution in [0.4, 0.5) is 4.79 Å². The number of hydrogen-bond donors (Lipinski definition) is 1. The molecule has 0 unspecified atom stereocenters. The van der Waals surface area contributed by atoms with Crippen LogP contribution in [0.25, 0.3) is 0 Å². The lowest BCUT2D eigenvalue weighted by molar-refractivity contribution is 0.126. The minimum absolute atomic E-state index is 0.536.